The van der Waals surface area contributed by atoms with Gasteiger partial charge in [0.05, 0.1) is 0 Å². The quantitative estimate of drug-likeness (QED) is 0.834. The Balaban J connectivity index is 2.59. The summed E-state index contributed by atoms with van der Waals surface area (Å²) in [5.41, 5.74) is 0.191. The maximum atomic E-state index is 11.1. The van der Waals surface area contributed by atoms with Gasteiger partial charge >= 0.3 is 0 Å². The molecule has 1 N–H and O–H groups in total. The fourth-order valence-electron chi connectivity index (χ4n) is 2.18. The Kier molecular flexibility index (Phi) is 3.58. The third kappa shape index (κ3) is 2.07. The molecule has 0 bridgehead atoms. The van der Waals surface area contributed by atoms with Crippen molar-refractivity contribution in [2.24, 2.45) is 5.92 Å². The minimum atomic E-state index is -1.27. The summed E-state index contributed by atoms with van der Waals surface area (Å²) >= 11 is 0. The standard InChI is InChI=1S/C16H16O2/c1-13(12-17)16(18,14-8-4-2-5-9-14)15-10-6-3-7-11-15/h2-13,18H,1H3. The van der Waals surface area contributed by atoms with Gasteiger partial charge in [-0.05, 0) is 11.1 Å². The van der Waals surface area contributed by atoms with Crippen molar-refractivity contribution < 1.29 is 9.90 Å². The van der Waals surface area contributed by atoms with E-state index in [1.165, 1.54) is 0 Å². The summed E-state index contributed by atoms with van der Waals surface area (Å²) in [5.74, 6) is -0.512. The van der Waals surface area contributed by atoms with Crippen molar-refractivity contribution >= 4 is 6.29 Å². The molecule has 2 nitrogen and oxygen atoms in total. The molecule has 2 aromatic carbocycles. The smallest absolute Gasteiger partial charge is 0.126 e. The van der Waals surface area contributed by atoms with Crippen LogP contribution in [0.15, 0.2) is 60.7 Å². The van der Waals surface area contributed by atoms with Crippen LogP contribution in [-0.2, 0) is 10.4 Å². The molecule has 0 spiro atoms. The molecule has 0 radical (unpaired) electrons. The van der Waals surface area contributed by atoms with Crippen molar-refractivity contribution in [2.75, 3.05) is 0 Å². The molecule has 0 amide bonds. The highest BCUT2D eigenvalue weighted by atomic mass is 16.3. The predicted octanol–water partition coefficient (Wildman–Crippen LogP) is 2.76. The second kappa shape index (κ2) is 5.15. The van der Waals surface area contributed by atoms with Crippen molar-refractivity contribution in [3.63, 3.8) is 0 Å². The van der Waals surface area contributed by atoms with Crippen LogP contribution in [0.5, 0.6) is 0 Å². The number of carbonyl (C=O) groups is 1. The lowest BCUT2D eigenvalue weighted by atomic mass is 9.77. The Hall–Kier alpha value is -1.93. The second-order valence-corrected chi connectivity index (χ2v) is 4.42. The molecule has 2 aromatic rings. The van der Waals surface area contributed by atoms with Crippen LogP contribution < -0.4 is 0 Å². The molecule has 0 heterocycles. The van der Waals surface area contributed by atoms with E-state index in [1.54, 1.807) is 6.92 Å². The Morgan fingerprint density at radius 3 is 1.67 bits per heavy atom. The van der Waals surface area contributed by atoms with Gasteiger partial charge in [0, 0.05) is 5.92 Å². The van der Waals surface area contributed by atoms with Gasteiger partial charge in [0.15, 0.2) is 0 Å². The van der Waals surface area contributed by atoms with Crippen LogP contribution in [0.3, 0.4) is 0 Å². The van der Waals surface area contributed by atoms with Crippen molar-refractivity contribution in [3.05, 3.63) is 71.8 Å². The van der Waals surface area contributed by atoms with E-state index in [2.05, 4.69) is 0 Å². The highest BCUT2D eigenvalue weighted by molar-refractivity contribution is 5.59. The molecule has 1 atom stereocenters. The third-order valence-electron chi connectivity index (χ3n) is 3.29. The topological polar surface area (TPSA) is 37.3 Å². The number of rotatable bonds is 4. The first-order chi connectivity index (χ1) is 8.69. The average molecular weight is 240 g/mol. The lowest BCUT2D eigenvalue weighted by Gasteiger charge is -2.32. The summed E-state index contributed by atoms with van der Waals surface area (Å²) in [5, 5.41) is 11.0. The van der Waals surface area contributed by atoms with Gasteiger partial charge in [-0.15, -0.1) is 0 Å². The molecule has 0 saturated heterocycles. The predicted molar refractivity (Wildman–Crippen MR) is 71.1 cm³/mol. The van der Waals surface area contributed by atoms with Crippen LogP contribution in [-0.4, -0.2) is 11.4 Å². The van der Waals surface area contributed by atoms with E-state index < -0.39 is 11.5 Å². The van der Waals surface area contributed by atoms with Gasteiger partial charge in [-0.3, -0.25) is 0 Å². The molecule has 0 aliphatic heterocycles. The Morgan fingerprint density at radius 1 is 0.944 bits per heavy atom. The largest absolute Gasteiger partial charge is 0.380 e. The molecule has 0 saturated carbocycles. The first-order valence-electron chi connectivity index (χ1n) is 5.98. The molecule has 0 aliphatic carbocycles. The van der Waals surface area contributed by atoms with Gasteiger partial charge < -0.3 is 9.90 Å². The van der Waals surface area contributed by atoms with E-state index in [4.69, 9.17) is 0 Å². The van der Waals surface area contributed by atoms with E-state index in [0.717, 1.165) is 17.4 Å². The molecule has 0 aliphatic rings. The Labute approximate surface area is 107 Å². The molecule has 18 heavy (non-hydrogen) atoms. The fourth-order valence-corrected chi connectivity index (χ4v) is 2.18. The lowest BCUT2D eigenvalue weighted by molar-refractivity contribution is -0.117. The monoisotopic (exact) mass is 240 g/mol. The normalized spacial score (nSPS) is 13.0. The Bertz CT molecular complexity index is 466. The van der Waals surface area contributed by atoms with E-state index >= 15 is 0 Å². The van der Waals surface area contributed by atoms with Gasteiger partial charge in [0.25, 0.3) is 0 Å². The number of aldehydes is 1. The molecule has 1 unspecified atom stereocenters. The molecule has 2 rings (SSSR count). The van der Waals surface area contributed by atoms with Gasteiger partial charge in [0.1, 0.15) is 11.9 Å². The van der Waals surface area contributed by atoms with E-state index in [9.17, 15) is 9.90 Å². The molecular weight excluding hydrogens is 224 g/mol. The fraction of sp³-hybridized carbons (Fsp3) is 0.188. The minimum Gasteiger partial charge on any atom is -0.380 e. The van der Waals surface area contributed by atoms with E-state index in [1.807, 2.05) is 60.7 Å². The van der Waals surface area contributed by atoms with E-state index in [0.29, 0.717) is 0 Å². The van der Waals surface area contributed by atoms with Crippen molar-refractivity contribution in [2.45, 2.75) is 12.5 Å². The number of aliphatic hydroxyl groups is 1. The van der Waals surface area contributed by atoms with Crippen molar-refractivity contribution in [1.29, 1.82) is 0 Å². The molecular formula is C16H16O2. The SMILES string of the molecule is CC(C=O)C(O)(c1ccccc1)c1ccccc1. The highest BCUT2D eigenvalue weighted by Crippen LogP contribution is 2.35. The van der Waals surface area contributed by atoms with Gasteiger partial charge in [0.2, 0.25) is 0 Å². The van der Waals surface area contributed by atoms with E-state index in [-0.39, 0.29) is 0 Å². The van der Waals surface area contributed by atoms with Crippen LogP contribution in [0.2, 0.25) is 0 Å². The van der Waals surface area contributed by atoms with Crippen LogP contribution in [0.1, 0.15) is 18.1 Å². The third-order valence-corrected chi connectivity index (χ3v) is 3.29. The van der Waals surface area contributed by atoms with Crippen molar-refractivity contribution in [1.82, 2.24) is 0 Å². The summed E-state index contributed by atoms with van der Waals surface area (Å²) in [6, 6.07) is 18.6. The Morgan fingerprint density at radius 2 is 1.33 bits per heavy atom. The molecule has 0 aromatic heterocycles. The summed E-state index contributed by atoms with van der Waals surface area (Å²) in [4.78, 5) is 11.1. The van der Waals surface area contributed by atoms with Gasteiger partial charge in [-0.2, -0.15) is 0 Å². The summed E-state index contributed by atoms with van der Waals surface area (Å²) in [6.07, 6.45) is 0.792. The maximum absolute atomic E-state index is 11.1. The number of carbonyl (C=O) groups excluding carboxylic acids is 1. The molecule has 0 fully saturated rings. The van der Waals surface area contributed by atoms with Crippen LogP contribution >= 0.6 is 0 Å². The molecule has 2 heteroatoms. The summed E-state index contributed by atoms with van der Waals surface area (Å²) in [7, 11) is 0. The van der Waals surface area contributed by atoms with Crippen molar-refractivity contribution in [3.8, 4) is 0 Å². The zero-order valence-electron chi connectivity index (χ0n) is 10.3. The maximum Gasteiger partial charge on any atom is 0.126 e. The number of hydrogen-bond acceptors (Lipinski definition) is 2. The minimum absolute atomic E-state index is 0.512. The first kappa shape index (κ1) is 12.5. The molecule has 92 valence electrons. The number of hydrogen-bond donors (Lipinski definition) is 1. The second-order valence-electron chi connectivity index (χ2n) is 4.42. The highest BCUT2D eigenvalue weighted by Gasteiger charge is 2.37. The van der Waals surface area contributed by atoms with Crippen LogP contribution in [0.4, 0.5) is 0 Å². The first-order valence-corrected chi connectivity index (χ1v) is 5.98. The van der Waals surface area contributed by atoms with Gasteiger partial charge in [-0.25, -0.2) is 0 Å². The lowest BCUT2D eigenvalue weighted by Crippen LogP contribution is -2.35. The van der Waals surface area contributed by atoms with Crippen LogP contribution in [0.25, 0.3) is 0 Å². The summed E-state index contributed by atoms with van der Waals surface area (Å²) < 4.78 is 0. The average Bonchev–Trinajstić information content (AvgIpc) is 2.47. The van der Waals surface area contributed by atoms with Gasteiger partial charge in [-0.1, -0.05) is 67.6 Å². The zero-order valence-corrected chi connectivity index (χ0v) is 10.3. The zero-order chi connectivity index (χ0) is 13.0. The summed E-state index contributed by atoms with van der Waals surface area (Å²) in [6.45, 7) is 1.73. The van der Waals surface area contributed by atoms with Crippen LogP contribution in [0, 0.1) is 5.92 Å². The number of benzene rings is 2.